The van der Waals surface area contributed by atoms with Crippen LogP contribution in [0.3, 0.4) is 0 Å². The molecule has 1 N–H and O–H groups in total. The number of aromatic nitrogens is 2. The quantitative estimate of drug-likeness (QED) is 0.836. The van der Waals surface area contributed by atoms with Gasteiger partial charge in [0.15, 0.2) is 5.78 Å². The molecule has 1 aliphatic heterocycles. The van der Waals surface area contributed by atoms with Gasteiger partial charge in [-0.2, -0.15) is 10.4 Å². The van der Waals surface area contributed by atoms with Gasteiger partial charge in [0.1, 0.15) is 11.8 Å². The average molecular weight is 374 g/mol. The number of halogens is 1. The summed E-state index contributed by atoms with van der Waals surface area (Å²) in [4.78, 5) is 13.0. The van der Waals surface area contributed by atoms with E-state index >= 15 is 0 Å². The molecule has 2 heterocycles. The Labute approximate surface area is 142 Å². The lowest BCUT2D eigenvalue weighted by atomic mass is 9.95. The molecule has 6 heteroatoms. The molecule has 0 amide bonds. The monoisotopic (exact) mass is 373 g/mol. The van der Waals surface area contributed by atoms with Crippen molar-refractivity contribution >= 4 is 21.7 Å². The van der Waals surface area contributed by atoms with Crippen LogP contribution in [0.4, 0.5) is 0 Å². The van der Waals surface area contributed by atoms with E-state index in [9.17, 15) is 9.90 Å². The first kappa shape index (κ1) is 15.8. The Morgan fingerprint density at radius 1 is 1.48 bits per heavy atom. The van der Waals surface area contributed by atoms with Crippen LogP contribution in [0.25, 0.3) is 0 Å². The predicted octanol–water partition coefficient (Wildman–Crippen LogP) is 3.35. The highest BCUT2D eigenvalue weighted by molar-refractivity contribution is 9.10. The van der Waals surface area contributed by atoms with E-state index in [1.54, 1.807) is 6.07 Å². The number of phenolic OH excluding ortho intramolecular Hbond substituents is 1. The summed E-state index contributed by atoms with van der Waals surface area (Å²) in [7, 11) is 0. The van der Waals surface area contributed by atoms with Crippen LogP contribution in [-0.2, 0) is 19.4 Å². The van der Waals surface area contributed by atoms with Gasteiger partial charge in [-0.05, 0) is 53.7 Å². The third kappa shape index (κ3) is 2.66. The Kier molecular flexibility index (Phi) is 4.22. The molecule has 118 valence electrons. The third-order valence-electron chi connectivity index (χ3n) is 4.17. The minimum Gasteiger partial charge on any atom is -0.505 e. The molecule has 0 saturated heterocycles. The highest BCUT2D eigenvalue weighted by atomic mass is 79.9. The number of hydrogen-bond acceptors (Lipinski definition) is 4. The number of fused-ring (bicyclic) bond motifs is 1. The number of benzene rings is 1. The number of carbonyl (C=O) groups is 1. The van der Waals surface area contributed by atoms with E-state index in [1.807, 2.05) is 17.7 Å². The molecule has 0 saturated carbocycles. The Balaban J connectivity index is 2.13. The van der Waals surface area contributed by atoms with Gasteiger partial charge in [-0.25, -0.2) is 0 Å². The lowest BCUT2D eigenvalue weighted by Crippen LogP contribution is -2.14. The number of nitriles is 1. The van der Waals surface area contributed by atoms with Crippen LogP contribution in [0.15, 0.2) is 16.6 Å². The first-order valence-corrected chi connectivity index (χ1v) is 8.42. The molecule has 0 bridgehead atoms. The second-order valence-corrected chi connectivity index (χ2v) is 6.45. The summed E-state index contributed by atoms with van der Waals surface area (Å²) in [5.41, 5.74) is 2.92. The normalized spacial score (nSPS) is 13.4. The molecule has 1 aromatic carbocycles. The summed E-state index contributed by atoms with van der Waals surface area (Å²) >= 11 is 3.21. The maximum Gasteiger partial charge on any atom is 0.196 e. The molecule has 1 aliphatic rings. The fourth-order valence-electron chi connectivity index (χ4n) is 3.01. The number of phenols is 1. The summed E-state index contributed by atoms with van der Waals surface area (Å²) in [6.07, 6.45) is 3.66. The van der Waals surface area contributed by atoms with Gasteiger partial charge < -0.3 is 5.11 Å². The van der Waals surface area contributed by atoms with Crippen LogP contribution >= 0.6 is 15.9 Å². The van der Waals surface area contributed by atoms with E-state index in [1.165, 1.54) is 6.07 Å². The molecular weight excluding hydrogens is 358 g/mol. The summed E-state index contributed by atoms with van der Waals surface area (Å²) in [6.45, 7) is 2.83. The van der Waals surface area contributed by atoms with Gasteiger partial charge in [-0.15, -0.1) is 0 Å². The lowest BCUT2D eigenvalue weighted by Gasteiger charge is -2.14. The molecule has 0 fully saturated rings. The van der Waals surface area contributed by atoms with E-state index in [4.69, 9.17) is 5.26 Å². The molecule has 0 radical (unpaired) electrons. The van der Waals surface area contributed by atoms with Crippen molar-refractivity contribution in [1.82, 2.24) is 9.78 Å². The Morgan fingerprint density at radius 3 is 2.96 bits per heavy atom. The highest BCUT2D eigenvalue weighted by Gasteiger charge is 2.26. The fourth-order valence-corrected chi connectivity index (χ4v) is 3.47. The molecule has 0 aliphatic carbocycles. The zero-order valence-electron chi connectivity index (χ0n) is 12.8. The summed E-state index contributed by atoms with van der Waals surface area (Å²) in [6, 6.07) is 4.91. The Morgan fingerprint density at radius 2 is 2.26 bits per heavy atom. The van der Waals surface area contributed by atoms with Crippen molar-refractivity contribution in [2.45, 2.75) is 39.2 Å². The van der Waals surface area contributed by atoms with Gasteiger partial charge >= 0.3 is 0 Å². The maximum atomic E-state index is 13.0. The third-order valence-corrected chi connectivity index (χ3v) is 4.78. The Hall–Kier alpha value is -2.13. The number of ketones is 1. The van der Waals surface area contributed by atoms with Crippen LogP contribution in [-0.4, -0.2) is 20.7 Å². The molecule has 0 spiro atoms. The second-order valence-electron chi connectivity index (χ2n) is 5.60. The van der Waals surface area contributed by atoms with Crippen LogP contribution in [0, 0.1) is 11.3 Å². The van der Waals surface area contributed by atoms with Gasteiger partial charge in [0.2, 0.25) is 0 Å². The SMILES string of the molecule is CCc1nn2c(c1C(=O)c1cc(Br)c(O)c(C#N)c1)CCCC2. The molecule has 2 aromatic rings. The van der Waals surface area contributed by atoms with E-state index in [-0.39, 0.29) is 17.1 Å². The van der Waals surface area contributed by atoms with Crippen molar-refractivity contribution in [3.63, 3.8) is 0 Å². The molecule has 0 atom stereocenters. The van der Waals surface area contributed by atoms with Crippen molar-refractivity contribution in [3.05, 3.63) is 44.7 Å². The zero-order valence-corrected chi connectivity index (χ0v) is 14.4. The van der Waals surface area contributed by atoms with Crippen LogP contribution in [0.1, 0.15) is 52.6 Å². The molecule has 0 unspecified atom stereocenters. The molecule has 1 aromatic heterocycles. The predicted molar refractivity (Wildman–Crippen MR) is 88.5 cm³/mol. The van der Waals surface area contributed by atoms with Crippen molar-refractivity contribution in [1.29, 1.82) is 5.26 Å². The Bertz CT molecular complexity index is 833. The van der Waals surface area contributed by atoms with E-state index in [2.05, 4.69) is 21.0 Å². The van der Waals surface area contributed by atoms with Crippen molar-refractivity contribution < 1.29 is 9.90 Å². The van der Waals surface area contributed by atoms with E-state index in [0.29, 0.717) is 22.0 Å². The van der Waals surface area contributed by atoms with Crippen LogP contribution in [0.5, 0.6) is 5.75 Å². The first-order chi connectivity index (χ1) is 11.1. The van der Waals surface area contributed by atoms with E-state index in [0.717, 1.165) is 37.2 Å². The van der Waals surface area contributed by atoms with Gasteiger partial charge in [0, 0.05) is 17.8 Å². The maximum absolute atomic E-state index is 13.0. The topological polar surface area (TPSA) is 78.9 Å². The van der Waals surface area contributed by atoms with Gasteiger partial charge in [0.25, 0.3) is 0 Å². The number of hydrogen-bond donors (Lipinski definition) is 1. The van der Waals surface area contributed by atoms with Crippen molar-refractivity contribution in [2.75, 3.05) is 0 Å². The fraction of sp³-hybridized carbons (Fsp3) is 0.353. The molecular formula is C17H16BrN3O2. The first-order valence-electron chi connectivity index (χ1n) is 7.62. The summed E-state index contributed by atoms with van der Waals surface area (Å²) in [5, 5.41) is 23.5. The zero-order chi connectivity index (χ0) is 16.6. The average Bonchev–Trinajstić information content (AvgIpc) is 2.95. The van der Waals surface area contributed by atoms with Crippen LogP contribution < -0.4 is 0 Å². The van der Waals surface area contributed by atoms with Gasteiger partial charge in [-0.3, -0.25) is 9.48 Å². The lowest BCUT2D eigenvalue weighted by molar-refractivity contribution is 0.103. The number of carbonyl (C=O) groups excluding carboxylic acids is 1. The van der Waals surface area contributed by atoms with Gasteiger partial charge in [0.05, 0.1) is 21.3 Å². The number of aryl methyl sites for hydroxylation is 2. The summed E-state index contributed by atoms with van der Waals surface area (Å²) in [5.74, 6) is -0.279. The highest BCUT2D eigenvalue weighted by Crippen LogP contribution is 2.31. The smallest absolute Gasteiger partial charge is 0.196 e. The van der Waals surface area contributed by atoms with Crippen LogP contribution in [0.2, 0.25) is 0 Å². The molecule has 3 rings (SSSR count). The molecule has 5 nitrogen and oxygen atoms in total. The largest absolute Gasteiger partial charge is 0.505 e. The second kappa shape index (κ2) is 6.17. The molecule has 23 heavy (non-hydrogen) atoms. The number of aromatic hydroxyl groups is 1. The number of rotatable bonds is 3. The number of nitrogens with zero attached hydrogens (tertiary/aromatic N) is 3. The van der Waals surface area contributed by atoms with Crippen molar-refractivity contribution in [2.24, 2.45) is 0 Å². The van der Waals surface area contributed by atoms with Crippen molar-refractivity contribution in [3.8, 4) is 11.8 Å². The standard InChI is InChI=1S/C17H16BrN3O2/c1-2-13-15(14-5-3-4-6-21(14)20-13)17(23)10-7-11(9-19)16(22)12(18)8-10/h7-8,22H,2-6H2,1H3. The van der Waals surface area contributed by atoms with E-state index < -0.39 is 0 Å². The minimum absolute atomic E-state index is 0.0850. The minimum atomic E-state index is -0.142. The van der Waals surface area contributed by atoms with Gasteiger partial charge in [-0.1, -0.05) is 6.92 Å². The summed E-state index contributed by atoms with van der Waals surface area (Å²) < 4.78 is 2.29.